The topological polar surface area (TPSA) is 76.1 Å². The highest BCUT2D eigenvalue weighted by atomic mass is 35.5. The minimum Gasteiger partial charge on any atom is -0.376 e. The standard InChI is InChI=1S/C25H19ClN2O3/c26-22-23(25(31)20-4-2-1-3-19(20)24(22)30)28-15-17-5-8-18(9-6-17)21(29)10-7-16-11-13-27-14-12-16/h1-6,8-9,11-14,28H,7,10,15H2. The Morgan fingerprint density at radius 3 is 2.16 bits per heavy atom. The van der Waals surface area contributed by atoms with Gasteiger partial charge in [0.1, 0.15) is 10.7 Å². The SMILES string of the molecule is O=C(CCc1ccncc1)c1ccc(CNC2=C(Cl)C(=O)c3ccccc3C2=O)cc1. The highest BCUT2D eigenvalue weighted by Gasteiger charge is 2.30. The number of nitrogens with zero attached hydrogens (tertiary/aromatic N) is 1. The van der Waals surface area contributed by atoms with Crippen LogP contribution in [-0.4, -0.2) is 22.3 Å². The molecule has 0 radical (unpaired) electrons. The first kappa shape index (κ1) is 20.7. The van der Waals surface area contributed by atoms with Gasteiger partial charge in [-0.25, -0.2) is 0 Å². The van der Waals surface area contributed by atoms with E-state index in [0.29, 0.717) is 36.1 Å². The van der Waals surface area contributed by atoms with Gasteiger partial charge in [-0.05, 0) is 29.7 Å². The molecule has 0 spiro atoms. The third kappa shape index (κ3) is 4.47. The molecule has 0 fully saturated rings. The zero-order valence-electron chi connectivity index (χ0n) is 16.6. The van der Waals surface area contributed by atoms with Gasteiger partial charge in [-0.2, -0.15) is 0 Å². The molecule has 0 unspecified atom stereocenters. The summed E-state index contributed by atoms with van der Waals surface area (Å²) >= 11 is 6.17. The Labute approximate surface area is 184 Å². The van der Waals surface area contributed by atoms with E-state index in [2.05, 4.69) is 10.3 Å². The van der Waals surface area contributed by atoms with Crippen molar-refractivity contribution >= 4 is 29.0 Å². The van der Waals surface area contributed by atoms with Crippen LogP contribution < -0.4 is 5.32 Å². The molecule has 1 heterocycles. The van der Waals surface area contributed by atoms with Crippen molar-refractivity contribution in [1.82, 2.24) is 10.3 Å². The van der Waals surface area contributed by atoms with Crippen LogP contribution in [0.15, 0.2) is 83.8 Å². The van der Waals surface area contributed by atoms with Crippen LogP contribution in [0, 0.1) is 0 Å². The van der Waals surface area contributed by atoms with Crippen molar-refractivity contribution in [2.45, 2.75) is 19.4 Å². The maximum atomic E-state index is 12.7. The highest BCUT2D eigenvalue weighted by molar-refractivity contribution is 6.49. The lowest BCUT2D eigenvalue weighted by molar-refractivity contribution is 0.0974. The molecule has 154 valence electrons. The van der Waals surface area contributed by atoms with Gasteiger partial charge in [0.15, 0.2) is 5.78 Å². The summed E-state index contributed by atoms with van der Waals surface area (Å²) < 4.78 is 0. The number of Topliss-reactive ketones (excluding diaryl/α,β-unsaturated/α-hetero) is 3. The molecule has 0 atom stereocenters. The molecule has 1 N–H and O–H groups in total. The van der Waals surface area contributed by atoms with Gasteiger partial charge in [0.2, 0.25) is 11.6 Å². The fraction of sp³-hybridized carbons (Fsp3) is 0.120. The average molecular weight is 431 g/mol. The van der Waals surface area contributed by atoms with Crippen LogP contribution >= 0.6 is 11.6 Å². The molecule has 1 aromatic heterocycles. The molecule has 1 aliphatic rings. The summed E-state index contributed by atoms with van der Waals surface area (Å²) in [5.41, 5.74) is 3.33. The number of carbonyl (C=O) groups excluding carboxylic acids is 3. The zero-order chi connectivity index (χ0) is 21.8. The Hall–Kier alpha value is -3.57. The van der Waals surface area contributed by atoms with Gasteiger partial charge < -0.3 is 5.32 Å². The van der Waals surface area contributed by atoms with Crippen LogP contribution in [0.2, 0.25) is 0 Å². The first-order valence-corrected chi connectivity index (χ1v) is 10.3. The van der Waals surface area contributed by atoms with Gasteiger partial charge in [0.25, 0.3) is 0 Å². The lowest BCUT2D eigenvalue weighted by Crippen LogP contribution is -2.28. The summed E-state index contributed by atoms with van der Waals surface area (Å²) in [6.45, 7) is 0.304. The van der Waals surface area contributed by atoms with Crippen LogP contribution in [0.3, 0.4) is 0 Å². The number of hydrogen-bond donors (Lipinski definition) is 1. The molecular weight excluding hydrogens is 412 g/mol. The number of halogens is 1. The van der Waals surface area contributed by atoms with Gasteiger partial charge in [0.05, 0.1) is 0 Å². The largest absolute Gasteiger partial charge is 0.376 e. The summed E-state index contributed by atoms with van der Waals surface area (Å²) in [6.07, 6.45) is 4.51. The number of rotatable bonds is 7. The lowest BCUT2D eigenvalue weighted by atomic mass is 9.92. The van der Waals surface area contributed by atoms with Gasteiger partial charge in [-0.3, -0.25) is 19.4 Å². The maximum absolute atomic E-state index is 12.7. The van der Waals surface area contributed by atoms with E-state index in [-0.39, 0.29) is 28.1 Å². The Morgan fingerprint density at radius 1 is 0.839 bits per heavy atom. The third-order valence-corrected chi connectivity index (χ3v) is 5.56. The van der Waals surface area contributed by atoms with E-state index in [0.717, 1.165) is 11.1 Å². The molecular formula is C25H19ClN2O3. The molecule has 5 nitrogen and oxygen atoms in total. The third-order valence-electron chi connectivity index (χ3n) is 5.20. The highest BCUT2D eigenvalue weighted by Crippen LogP contribution is 2.27. The maximum Gasteiger partial charge on any atom is 0.211 e. The number of carbonyl (C=O) groups is 3. The molecule has 0 saturated carbocycles. The van der Waals surface area contributed by atoms with Crippen molar-refractivity contribution in [1.29, 1.82) is 0 Å². The molecule has 0 bridgehead atoms. The number of pyridine rings is 1. The fourth-order valence-corrected chi connectivity index (χ4v) is 3.71. The molecule has 4 rings (SSSR count). The van der Waals surface area contributed by atoms with Gasteiger partial charge >= 0.3 is 0 Å². The van der Waals surface area contributed by atoms with Crippen molar-refractivity contribution in [2.75, 3.05) is 0 Å². The van der Waals surface area contributed by atoms with Gasteiger partial charge in [0, 0.05) is 42.0 Å². The smallest absolute Gasteiger partial charge is 0.211 e. The van der Waals surface area contributed by atoms with E-state index < -0.39 is 0 Å². The quantitative estimate of drug-likeness (QED) is 0.558. The molecule has 1 aliphatic carbocycles. The van der Waals surface area contributed by atoms with Crippen LogP contribution in [0.5, 0.6) is 0 Å². The average Bonchev–Trinajstić information content (AvgIpc) is 2.82. The molecule has 0 saturated heterocycles. The molecule has 31 heavy (non-hydrogen) atoms. The van der Waals surface area contributed by atoms with E-state index in [4.69, 9.17) is 11.6 Å². The van der Waals surface area contributed by atoms with Crippen molar-refractivity contribution < 1.29 is 14.4 Å². The van der Waals surface area contributed by atoms with Crippen LogP contribution in [0.1, 0.15) is 48.6 Å². The number of benzene rings is 2. The number of ketones is 3. The zero-order valence-corrected chi connectivity index (χ0v) is 17.4. The Bertz CT molecular complexity index is 1180. The van der Waals surface area contributed by atoms with Crippen molar-refractivity contribution in [2.24, 2.45) is 0 Å². The van der Waals surface area contributed by atoms with E-state index in [1.165, 1.54) is 0 Å². The fourth-order valence-electron chi connectivity index (χ4n) is 3.45. The first-order valence-electron chi connectivity index (χ1n) is 9.87. The number of fused-ring (bicyclic) bond motifs is 1. The van der Waals surface area contributed by atoms with Crippen LogP contribution in [0.4, 0.5) is 0 Å². The number of aromatic nitrogens is 1. The lowest BCUT2D eigenvalue weighted by Gasteiger charge is -2.19. The molecule has 0 amide bonds. The monoisotopic (exact) mass is 430 g/mol. The summed E-state index contributed by atoms with van der Waals surface area (Å²) in [6, 6.07) is 17.6. The number of allylic oxidation sites excluding steroid dienone is 2. The van der Waals surface area contributed by atoms with Crippen molar-refractivity contribution in [3.63, 3.8) is 0 Å². The van der Waals surface area contributed by atoms with Crippen LogP contribution in [0.25, 0.3) is 0 Å². The minimum absolute atomic E-state index is 0.0618. The molecule has 6 heteroatoms. The summed E-state index contributed by atoms with van der Waals surface area (Å²) in [4.78, 5) is 41.6. The van der Waals surface area contributed by atoms with E-state index in [1.807, 2.05) is 24.3 Å². The molecule has 0 aliphatic heterocycles. The number of aryl methyl sites for hydroxylation is 1. The van der Waals surface area contributed by atoms with E-state index in [1.54, 1.807) is 48.8 Å². The number of hydrogen-bond acceptors (Lipinski definition) is 5. The second-order valence-electron chi connectivity index (χ2n) is 7.22. The second kappa shape index (κ2) is 9.06. The predicted molar refractivity (Wildman–Crippen MR) is 118 cm³/mol. The Morgan fingerprint density at radius 2 is 1.48 bits per heavy atom. The summed E-state index contributed by atoms with van der Waals surface area (Å²) in [7, 11) is 0. The van der Waals surface area contributed by atoms with Crippen LogP contribution in [-0.2, 0) is 13.0 Å². The normalized spacial score (nSPS) is 13.2. The predicted octanol–water partition coefficient (Wildman–Crippen LogP) is 4.52. The molecule has 3 aromatic rings. The summed E-state index contributed by atoms with van der Waals surface area (Å²) in [5.74, 6) is -0.607. The first-order chi connectivity index (χ1) is 15.0. The Kier molecular flexibility index (Phi) is 6.05. The summed E-state index contributed by atoms with van der Waals surface area (Å²) in [5, 5.41) is 2.89. The van der Waals surface area contributed by atoms with Crippen molar-refractivity contribution in [3.05, 3.63) is 112 Å². The van der Waals surface area contributed by atoms with Gasteiger partial charge in [-0.1, -0.05) is 60.1 Å². The van der Waals surface area contributed by atoms with E-state index in [9.17, 15) is 14.4 Å². The second-order valence-corrected chi connectivity index (χ2v) is 7.60. The number of nitrogens with one attached hydrogen (secondary N) is 1. The van der Waals surface area contributed by atoms with Gasteiger partial charge in [-0.15, -0.1) is 0 Å². The molecule has 2 aromatic carbocycles. The van der Waals surface area contributed by atoms with E-state index >= 15 is 0 Å². The minimum atomic E-state index is -0.366. The Balaban J connectivity index is 1.39. The van der Waals surface area contributed by atoms with Crippen molar-refractivity contribution in [3.8, 4) is 0 Å².